The van der Waals surface area contributed by atoms with Gasteiger partial charge in [0.25, 0.3) is 5.56 Å². The van der Waals surface area contributed by atoms with Gasteiger partial charge in [0.15, 0.2) is 0 Å². The van der Waals surface area contributed by atoms with Crippen LogP contribution in [0.5, 0.6) is 0 Å². The molecule has 0 bridgehead atoms. The number of aromatic amines is 1. The van der Waals surface area contributed by atoms with Crippen LogP contribution < -0.4 is 5.56 Å². The van der Waals surface area contributed by atoms with Gasteiger partial charge in [-0.3, -0.25) is 9.69 Å². The van der Waals surface area contributed by atoms with Gasteiger partial charge in [-0.05, 0) is 48.9 Å². The second kappa shape index (κ2) is 6.18. The lowest BCUT2D eigenvalue weighted by atomic mass is 10.0. The predicted molar refractivity (Wildman–Crippen MR) is 84.4 cm³/mol. The van der Waals surface area contributed by atoms with E-state index in [-0.39, 0.29) is 18.2 Å². The maximum Gasteiger partial charge on any atom is 0.256 e. The number of hydrogen-bond donors (Lipinski definition) is 2. The van der Waals surface area contributed by atoms with Gasteiger partial charge in [0.1, 0.15) is 5.82 Å². The Balaban J connectivity index is 2.10. The first-order valence-electron chi connectivity index (χ1n) is 7.82. The highest BCUT2D eigenvalue weighted by Gasteiger charge is 2.25. The monoisotopic (exact) mass is 304 g/mol. The molecule has 2 heterocycles. The molecule has 22 heavy (non-hydrogen) atoms. The summed E-state index contributed by atoms with van der Waals surface area (Å²) in [5.74, 6) is -0.400. The summed E-state index contributed by atoms with van der Waals surface area (Å²) in [6, 6.07) is 4.56. The number of rotatable bonds is 4. The minimum atomic E-state index is -0.400. The molecule has 1 aromatic heterocycles. The van der Waals surface area contributed by atoms with Crippen molar-refractivity contribution in [2.24, 2.45) is 0 Å². The third kappa shape index (κ3) is 2.66. The fourth-order valence-corrected chi connectivity index (χ4v) is 3.41. The van der Waals surface area contributed by atoms with Gasteiger partial charge in [0, 0.05) is 18.3 Å². The highest BCUT2D eigenvalue weighted by atomic mass is 19.1. The van der Waals surface area contributed by atoms with Crippen molar-refractivity contribution in [2.45, 2.75) is 38.8 Å². The summed E-state index contributed by atoms with van der Waals surface area (Å²) in [6.07, 6.45) is 2.78. The fraction of sp³-hybridized carbons (Fsp3) is 0.471. The molecule has 4 nitrogen and oxygen atoms in total. The second-order valence-corrected chi connectivity index (χ2v) is 5.90. The van der Waals surface area contributed by atoms with E-state index in [0.717, 1.165) is 42.5 Å². The Hall–Kier alpha value is -1.72. The van der Waals surface area contributed by atoms with Gasteiger partial charge in [-0.25, -0.2) is 4.39 Å². The summed E-state index contributed by atoms with van der Waals surface area (Å²) < 4.78 is 13.5. The summed E-state index contributed by atoms with van der Waals surface area (Å²) in [6.45, 7) is 3.76. The van der Waals surface area contributed by atoms with Crippen molar-refractivity contribution >= 4 is 10.8 Å². The number of H-pyrrole nitrogens is 1. The van der Waals surface area contributed by atoms with Gasteiger partial charge in [-0.2, -0.15) is 0 Å². The Morgan fingerprint density at radius 2 is 2.23 bits per heavy atom. The van der Waals surface area contributed by atoms with Crippen LogP contribution in [0.4, 0.5) is 4.39 Å². The first-order chi connectivity index (χ1) is 10.6. The van der Waals surface area contributed by atoms with Gasteiger partial charge in [0.05, 0.1) is 12.0 Å². The van der Waals surface area contributed by atoms with Crippen LogP contribution in [0.2, 0.25) is 0 Å². The number of likely N-dealkylation sites (tertiary alicyclic amines) is 1. The Morgan fingerprint density at radius 3 is 2.95 bits per heavy atom. The lowest BCUT2D eigenvalue weighted by Crippen LogP contribution is -2.32. The van der Waals surface area contributed by atoms with E-state index in [4.69, 9.17) is 0 Å². The Bertz CT molecular complexity index is 741. The van der Waals surface area contributed by atoms with Crippen molar-refractivity contribution in [3.63, 3.8) is 0 Å². The van der Waals surface area contributed by atoms with Crippen LogP contribution in [-0.2, 0) is 13.0 Å². The van der Waals surface area contributed by atoms with Gasteiger partial charge in [0.2, 0.25) is 0 Å². The van der Waals surface area contributed by atoms with E-state index >= 15 is 0 Å². The average molecular weight is 304 g/mol. The standard InChI is InChI=1S/C17H21FN2O2/c1-2-16-15(9-20-7-3-4-12(20)10-21)13-6-5-11(18)8-14(13)17(22)19-16/h5-6,8,12,21H,2-4,7,9-10H2,1H3,(H,19,22). The molecule has 3 rings (SSSR count). The summed E-state index contributed by atoms with van der Waals surface area (Å²) in [5, 5.41) is 10.7. The number of aromatic nitrogens is 1. The van der Waals surface area contributed by atoms with Crippen molar-refractivity contribution in [3.8, 4) is 0 Å². The van der Waals surface area contributed by atoms with Crippen LogP contribution in [-0.4, -0.2) is 34.2 Å². The van der Waals surface area contributed by atoms with Gasteiger partial charge in [-0.1, -0.05) is 13.0 Å². The molecule has 2 aromatic rings. The normalized spacial score (nSPS) is 19.1. The second-order valence-electron chi connectivity index (χ2n) is 5.90. The van der Waals surface area contributed by atoms with Crippen LogP contribution in [0.1, 0.15) is 31.0 Å². The van der Waals surface area contributed by atoms with E-state index in [9.17, 15) is 14.3 Å². The smallest absolute Gasteiger partial charge is 0.256 e. The summed E-state index contributed by atoms with van der Waals surface area (Å²) in [5.41, 5.74) is 1.69. The van der Waals surface area contributed by atoms with Gasteiger partial charge in [-0.15, -0.1) is 0 Å². The molecular formula is C17H21FN2O2. The van der Waals surface area contributed by atoms with E-state index in [1.165, 1.54) is 12.1 Å². The summed E-state index contributed by atoms with van der Waals surface area (Å²) in [4.78, 5) is 17.3. The fourth-order valence-electron chi connectivity index (χ4n) is 3.41. The molecule has 0 spiro atoms. The minimum Gasteiger partial charge on any atom is -0.395 e. The molecule has 1 atom stereocenters. The van der Waals surface area contributed by atoms with E-state index < -0.39 is 5.82 Å². The molecule has 1 saturated heterocycles. The number of pyridine rings is 1. The first-order valence-corrected chi connectivity index (χ1v) is 7.82. The van der Waals surface area contributed by atoms with Crippen LogP contribution in [0.15, 0.2) is 23.0 Å². The van der Waals surface area contributed by atoms with Crippen LogP contribution in [0.3, 0.4) is 0 Å². The quantitative estimate of drug-likeness (QED) is 0.910. The summed E-state index contributed by atoms with van der Waals surface area (Å²) >= 11 is 0. The number of aliphatic hydroxyl groups excluding tert-OH is 1. The largest absolute Gasteiger partial charge is 0.395 e. The number of aryl methyl sites for hydroxylation is 1. The molecule has 0 aliphatic carbocycles. The molecule has 0 radical (unpaired) electrons. The SMILES string of the molecule is CCc1[nH]c(=O)c2cc(F)ccc2c1CN1CCCC1CO. The number of fused-ring (bicyclic) bond motifs is 1. The Kier molecular flexibility index (Phi) is 4.27. The van der Waals surface area contributed by atoms with E-state index in [1.807, 2.05) is 6.92 Å². The van der Waals surface area contributed by atoms with E-state index in [1.54, 1.807) is 6.07 Å². The number of nitrogens with zero attached hydrogens (tertiary/aromatic N) is 1. The number of aliphatic hydroxyl groups is 1. The molecule has 0 amide bonds. The number of benzene rings is 1. The topological polar surface area (TPSA) is 56.3 Å². The third-order valence-electron chi connectivity index (χ3n) is 4.60. The first kappa shape index (κ1) is 15.2. The number of halogens is 1. The molecule has 5 heteroatoms. The third-order valence-corrected chi connectivity index (χ3v) is 4.60. The molecule has 1 aromatic carbocycles. The molecule has 0 saturated carbocycles. The number of nitrogens with one attached hydrogen (secondary N) is 1. The summed E-state index contributed by atoms with van der Waals surface area (Å²) in [7, 11) is 0. The Labute approximate surface area is 128 Å². The highest BCUT2D eigenvalue weighted by molar-refractivity contribution is 5.85. The highest BCUT2D eigenvalue weighted by Crippen LogP contribution is 2.25. The van der Waals surface area contributed by atoms with Crippen LogP contribution >= 0.6 is 0 Å². The predicted octanol–water partition coefficient (Wildman–Crippen LogP) is 2.19. The molecule has 1 fully saturated rings. The molecule has 2 N–H and O–H groups in total. The maximum absolute atomic E-state index is 13.5. The average Bonchev–Trinajstić information content (AvgIpc) is 2.97. The lowest BCUT2D eigenvalue weighted by molar-refractivity contribution is 0.153. The zero-order valence-electron chi connectivity index (χ0n) is 12.7. The van der Waals surface area contributed by atoms with Crippen molar-refractivity contribution in [2.75, 3.05) is 13.2 Å². The molecule has 1 aliphatic rings. The van der Waals surface area contributed by atoms with E-state index in [0.29, 0.717) is 11.9 Å². The number of hydrogen-bond acceptors (Lipinski definition) is 3. The van der Waals surface area contributed by atoms with Crippen LogP contribution in [0.25, 0.3) is 10.8 Å². The molecule has 1 unspecified atom stereocenters. The lowest BCUT2D eigenvalue weighted by Gasteiger charge is -2.24. The maximum atomic E-state index is 13.5. The minimum absolute atomic E-state index is 0.150. The van der Waals surface area contributed by atoms with Gasteiger partial charge < -0.3 is 10.1 Å². The zero-order chi connectivity index (χ0) is 15.7. The Morgan fingerprint density at radius 1 is 1.41 bits per heavy atom. The van der Waals surface area contributed by atoms with Crippen molar-refractivity contribution in [1.82, 2.24) is 9.88 Å². The molecular weight excluding hydrogens is 283 g/mol. The van der Waals surface area contributed by atoms with Crippen molar-refractivity contribution in [1.29, 1.82) is 0 Å². The van der Waals surface area contributed by atoms with Crippen molar-refractivity contribution in [3.05, 3.63) is 45.6 Å². The molecule has 1 aliphatic heterocycles. The zero-order valence-corrected chi connectivity index (χ0v) is 12.7. The van der Waals surface area contributed by atoms with E-state index in [2.05, 4.69) is 9.88 Å². The van der Waals surface area contributed by atoms with Gasteiger partial charge >= 0.3 is 0 Å². The molecule has 118 valence electrons. The van der Waals surface area contributed by atoms with Crippen LogP contribution in [0, 0.1) is 5.82 Å². The van der Waals surface area contributed by atoms with Crippen molar-refractivity contribution < 1.29 is 9.50 Å².